The molecule has 0 aromatic rings. The van der Waals surface area contributed by atoms with Crippen LogP contribution in [0.3, 0.4) is 0 Å². The normalized spacial score (nSPS) is 23.1. The van der Waals surface area contributed by atoms with Crippen molar-refractivity contribution in [3.63, 3.8) is 0 Å². The molecule has 0 aromatic heterocycles. The third-order valence-corrected chi connectivity index (χ3v) is 3.92. The summed E-state index contributed by atoms with van der Waals surface area (Å²) in [5, 5.41) is 10.8. The fourth-order valence-corrected chi connectivity index (χ4v) is 2.62. The third-order valence-electron chi connectivity index (χ3n) is 3.92. The average molecular weight is 337 g/mol. The molecular weight excluding hydrogens is 313 g/mol. The maximum absolute atomic E-state index is 11.9. The van der Waals surface area contributed by atoms with Crippen LogP contribution in [0, 0.1) is 11.8 Å². The molecule has 2 N–H and O–H groups in total. The van der Waals surface area contributed by atoms with Crippen molar-refractivity contribution in [1.29, 1.82) is 0 Å². The average Bonchev–Trinajstić information content (AvgIpc) is 2.46. The minimum atomic E-state index is -1.05. The summed E-state index contributed by atoms with van der Waals surface area (Å²) in [6.45, 7) is 3.31. The largest absolute Gasteiger partial charge is 1.00 e. The van der Waals surface area contributed by atoms with E-state index in [1.165, 1.54) is 6.92 Å². The van der Waals surface area contributed by atoms with Crippen LogP contribution in [-0.2, 0) is 23.9 Å². The minimum Gasteiger partial charge on any atom is -0.550 e. The van der Waals surface area contributed by atoms with Gasteiger partial charge >= 0.3 is 41.5 Å². The number of carbonyl (C=O) groups excluding carboxylic acids is 3. The fourth-order valence-electron chi connectivity index (χ4n) is 2.62. The molecule has 0 bridgehead atoms. The predicted octanol–water partition coefficient (Wildman–Crippen LogP) is -2.89. The molecule has 1 aliphatic carbocycles. The summed E-state index contributed by atoms with van der Waals surface area (Å²) in [6.07, 6.45) is 1.93. The zero-order chi connectivity index (χ0) is 16.7. The Morgan fingerprint density at radius 1 is 1.17 bits per heavy atom. The van der Waals surface area contributed by atoms with Gasteiger partial charge in [0.25, 0.3) is 0 Å². The molecule has 2 atom stereocenters. The van der Waals surface area contributed by atoms with E-state index in [1.54, 1.807) is 0 Å². The van der Waals surface area contributed by atoms with E-state index in [1.807, 2.05) is 6.92 Å². The first-order chi connectivity index (χ1) is 10.3. The summed E-state index contributed by atoms with van der Waals surface area (Å²) in [5.74, 6) is -2.69. The molecule has 0 radical (unpaired) electrons. The monoisotopic (exact) mass is 337 g/mol. The number of hydrogen-bond acceptors (Lipinski definition) is 7. The summed E-state index contributed by atoms with van der Waals surface area (Å²) in [7, 11) is 0. The first-order valence-corrected chi connectivity index (χ1v) is 7.71. The molecular formula is C15H24NNaO6. The molecule has 8 heteroatoms. The standard InChI is InChI=1S/C15H25NO6.Na/c1-3-4-12(17)21-9(2)22-15(20)13(16)10-5-7-11(8-6-10)14(18)19;/h9-11,13H,3-8,16H2,1-2H3,(H,18,19);/q;+1/p-1. The van der Waals surface area contributed by atoms with Gasteiger partial charge in [0.15, 0.2) is 0 Å². The second-order valence-corrected chi connectivity index (χ2v) is 5.70. The van der Waals surface area contributed by atoms with E-state index in [0.717, 1.165) is 0 Å². The van der Waals surface area contributed by atoms with Crippen LogP contribution < -0.4 is 40.4 Å². The molecule has 0 heterocycles. The van der Waals surface area contributed by atoms with Crippen molar-refractivity contribution in [2.24, 2.45) is 17.6 Å². The zero-order valence-electron chi connectivity index (χ0n) is 14.1. The molecule has 0 amide bonds. The maximum atomic E-state index is 11.9. The summed E-state index contributed by atoms with van der Waals surface area (Å²) in [6, 6.07) is -0.838. The van der Waals surface area contributed by atoms with Crippen molar-refractivity contribution in [3.05, 3.63) is 0 Å². The Labute approximate surface area is 158 Å². The summed E-state index contributed by atoms with van der Waals surface area (Å²) < 4.78 is 9.94. The first-order valence-electron chi connectivity index (χ1n) is 7.71. The van der Waals surface area contributed by atoms with Crippen molar-refractivity contribution >= 4 is 17.9 Å². The molecule has 1 saturated carbocycles. The fraction of sp³-hybridized carbons (Fsp3) is 0.800. The van der Waals surface area contributed by atoms with Gasteiger partial charge in [-0.3, -0.25) is 9.59 Å². The number of hydrogen-bond donors (Lipinski definition) is 1. The molecule has 7 nitrogen and oxygen atoms in total. The maximum Gasteiger partial charge on any atom is 1.00 e. The molecule has 0 aromatic carbocycles. The van der Waals surface area contributed by atoms with E-state index >= 15 is 0 Å². The van der Waals surface area contributed by atoms with Crippen LogP contribution in [0.15, 0.2) is 0 Å². The van der Waals surface area contributed by atoms with Gasteiger partial charge in [0.2, 0.25) is 6.29 Å². The molecule has 0 aliphatic heterocycles. The van der Waals surface area contributed by atoms with Crippen LogP contribution in [-0.4, -0.2) is 30.2 Å². The SMILES string of the molecule is CCCC(=O)OC(C)OC(=O)C(N)C1CCC(C(=O)[O-])CC1.[Na+]. The Kier molecular flexibility index (Phi) is 10.7. The molecule has 23 heavy (non-hydrogen) atoms. The Bertz CT molecular complexity index is 409. The molecule has 1 aliphatic rings. The van der Waals surface area contributed by atoms with Crippen molar-refractivity contribution in [3.8, 4) is 0 Å². The third kappa shape index (κ3) is 7.65. The molecule has 0 saturated heterocycles. The van der Waals surface area contributed by atoms with E-state index in [4.69, 9.17) is 15.2 Å². The van der Waals surface area contributed by atoms with E-state index in [2.05, 4.69) is 0 Å². The molecule has 0 spiro atoms. The number of carboxylic acids is 1. The number of nitrogens with two attached hydrogens (primary N) is 1. The van der Waals surface area contributed by atoms with Gasteiger partial charge in [0.1, 0.15) is 6.04 Å². The first kappa shape index (κ1) is 22.4. The van der Waals surface area contributed by atoms with E-state index in [-0.39, 0.29) is 41.9 Å². The van der Waals surface area contributed by atoms with Crippen LogP contribution in [0.5, 0.6) is 0 Å². The van der Waals surface area contributed by atoms with Crippen molar-refractivity contribution in [1.82, 2.24) is 0 Å². The number of rotatable bonds is 7. The minimum absolute atomic E-state index is 0. The Morgan fingerprint density at radius 3 is 2.22 bits per heavy atom. The number of carboxylic acid groups (broad SMARTS) is 1. The summed E-state index contributed by atoms with van der Waals surface area (Å²) >= 11 is 0. The molecule has 2 unspecified atom stereocenters. The van der Waals surface area contributed by atoms with Crippen LogP contribution in [0.2, 0.25) is 0 Å². The Morgan fingerprint density at radius 2 is 1.74 bits per heavy atom. The number of carbonyl (C=O) groups is 3. The van der Waals surface area contributed by atoms with Crippen molar-refractivity contribution < 1.29 is 58.5 Å². The Hall–Kier alpha value is -0.630. The molecule has 1 fully saturated rings. The quantitative estimate of drug-likeness (QED) is 0.301. The Balaban J connectivity index is 0.00000484. The number of esters is 2. The number of ether oxygens (including phenoxy) is 2. The topological polar surface area (TPSA) is 119 Å². The van der Waals surface area contributed by atoms with Crippen LogP contribution in [0.25, 0.3) is 0 Å². The summed E-state index contributed by atoms with van der Waals surface area (Å²) in [4.78, 5) is 34.0. The van der Waals surface area contributed by atoms with E-state index in [9.17, 15) is 19.5 Å². The van der Waals surface area contributed by atoms with E-state index in [0.29, 0.717) is 32.1 Å². The molecule has 126 valence electrons. The van der Waals surface area contributed by atoms with Crippen molar-refractivity contribution in [2.45, 2.75) is 64.7 Å². The van der Waals surface area contributed by atoms with Crippen LogP contribution in [0.1, 0.15) is 52.4 Å². The van der Waals surface area contributed by atoms with Gasteiger partial charge in [0.05, 0.1) is 0 Å². The molecule has 1 rings (SSSR count). The van der Waals surface area contributed by atoms with Gasteiger partial charge in [-0.15, -0.1) is 0 Å². The zero-order valence-corrected chi connectivity index (χ0v) is 16.1. The van der Waals surface area contributed by atoms with Gasteiger partial charge in [-0.1, -0.05) is 6.92 Å². The van der Waals surface area contributed by atoms with Gasteiger partial charge in [0, 0.05) is 19.3 Å². The van der Waals surface area contributed by atoms with Gasteiger partial charge in [-0.05, 0) is 43.9 Å². The van der Waals surface area contributed by atoms with Gasteiger partial charge in [-0.25, -0.2) is 0 Å². The van der Waals surface area contributed by atoms with Crippen LogP contribution >= 0.6 is 0 Å². The predicted molar refractivity (Wildman–Crippen MR) is 75.0 cm³/mol. The van der Waals surface area contributed by atoms with E-state index < -0.39 is 36.2 Å². The van der Waals surface area contributed by atoms with Gasteiger partial charge < -0.3 is 25.1 Å². The number of aliphatic carboxylic acids is 1. The summed E-state index contributed by atoms with van der Waals surface area (Å²) in [5.41, 5.74) is 5.87. The van der Waals surface area contributed by atoms with Crippen LogP contribution in [0.4, 0.5) is 0 Å². The van der Waals surface area contributed by atoms with Crippen molar-refractivity contribution in [2.75, 3.05) is 0 Å². The van der Waals surface area contributed by atoms with Gasteiger partial charge in [-0.2, -0.15) is 0 Å². The smallest absolute Gasteiger partial charge is 0.550 e. The second-order valence-electron chi connectivity index (χ2n) is 5.70. The second kappa shape index (κ2) is 11.0.